The van der Waals surface area contributed by atoms with Gasteiger partial charge in [-0.1, -0.05) is 0 Å². The molecule has 0 radical (unpaired) electrons. The summed E-state index contributed by atoms with van der Waals surface area (Å²) < 4.78 is 19.2. The summed E-state index contributed by atoms with van der Waals surface area (Å²) in [4.78, 5) is 23.6. The smallest absolute Gasteiger partial charge is 0.234 e. The molecular formula is C15H23FN6O2. The second-order valence-electron chi connectivity index (χ2n) is 5.87. The Labute approximate surface area is 140 Å². The minimum Gasteiger partial charge on any atom is -0.378 e. The van der Waals surface area contributed by atoms with E-state index in [4.69, 9.17) is 4.74 Å². The number of ether oxygens (including phenoxy) is 1. The summed E-state index contributed by atoms with van der Waals surface area (Å²) in [6.45, 7) is 5.95. The third kappa shape index (κ3) is 4.51. The molecule has 8 nitrogen and oxygen atoms in total. The Balaban J connectivity index is 1.47. The fourth-order valence-corrected chi connectivity index (χ4v) is 2.83. The second-order valence-corrected chi connectivity index (χ2v) is 5.87. The molecule has 3 rings (SSSR count). The number of carbonyl (C=O) groups is 1. The average molecular weight is 338 g/mol. The molecule has 3 heterocycles. The standard InChI is InChI=1S/C15H23FN6O2/c16-12-10-19-15(20-14(12)22-6-8-24-9-7-22)18-2-1-4-21-5-3-17-13(23)11-21/h10H,1-9,11H2,(H,17,23)(H,18,19,20). The van der Waals surface area contributed by atoms with Gasteiger partial charge < -0.3 is 20.3 Å². The number of hydrogen-bond donors (Lipinski definition) is 2. The summed E-state index contributed by atoms with van der Waals surface area (Å²) >= 11 is 0. The summed E-state index contributed by atoms with van der Waals surface area (Å²) in [5.74, 6) is 0.408. The van der Waals surface area contributed by atoms with Crippen LogP contribution in [0.4, 0.5) is 16.2 Å². The number of nitrogens with one attached hydrogen (secondary N) is 2. The van der Waals surface area contributed by atoms with Crippen LogP contribution >= 0.6 is 0 Å². The summed E-state index contributed by atoms with van der Waals surface area (Å²) in [7, 11) is 0. The molecule has 0 saturated carbocycles. The van der Waals surface area contributed by atoms with Gasteiger partial charge in [0, 0.05) is 39.3 Å². The van der Waals surface area contributed by atoms with Crippen LogP contribution in [0.1, 0.15) is 6.42 Å². The zero-order valence-electron chi connectivity index (χ0n) is 13.6. The van der Waals surface area contributed by atoms with Crippen molar-refractivity contribution in [2.75, 3.05) is 69.2 Å². The first-order chi connectivity index (χ1) is 11.7. The molecule has 1 aromatic rings. The van der Waals surface area contributed by atoms with E-state index in [-0.39, 0.29) is 5.91 Å². The molecule has 0 bridgehead atoms. The topological polar surface area (TPSA) is 82.6 Å². The van der Waals surface area contributed by atoms with Crippen LogP contribution in [-0.2, 0) is 9.53 Å². The largest absolute Gasteiger partial charge is 0.378 e. The molecule has 2 aliphatic heterocycles. The molecule has 2 fully saturated rings. The molecule has 0 atom stereocenters. The van der Waals surface area contributed by atoms with Crippen molar-refractivity contribution in [1.82, 2.24) is 20.2 Å². The molecule has 2 N–H and O–H groups in total. The lowest BCUT2D eigenvalue weighted by Crippen LogP contribution is -2.47. The number of anilines is 2. The SMILES string of the molecule is O=C1CN(CCCNc2ncc(F)c(N3CCOCC3)n2)CCN1. The van der Waals surface area contributed by atoms with Gasteiger partial charge >= 0.3 is 0 Å². The summed E-state index contributed by atoms with van der Waals surface area (Å²) in [6, 6.07) is 0. The Morgan fingerprint density at radius 3 is 2.96 bits per heavy atom. The van der Waals surface area contributed by atoms with E-state index in [1.807, 2.05) is 4.90 Å². The van der Waals surface area contributed by atoms with Gasteiger partial charge in [-0.05, 0) is 6.42 Å². The zero-order valence-corrected chi connectivity index (χ0v) is 13.6. The van der Waals surface area contributed by atoms with Crippen LogP contribution < -0.4 is 15.5 Å². The molecule has 9 heteroatoms. The lowest BCUT2D eigenvalue weighted by atomic mass is 10.3. The van der Waals surface area contributed by atoms with Crippen LogP contribution in [0.3, 0.4) is 0 Å². The van der Waals surface area contributed by atoms with Gasteiger partial charge in [-0.15, -0.1) is 0 Å². The van der Waals surface area contributed by atoms with Gasteiger partial charge in [-0.3, -0.25) is 9.69 Å². The predicted molar refractivity (Wildman–Crippen MR) is 87.6 cm³/mol. The molecule has 0 aromatic carbocycles. The number of rotatable bonds is 6. The number of halogens is 1. The molecule has 0 spiro atoms. The van der Waals surface area contributed by atoms with Crippen LogP contribution in [0.5, 0.6) is 0 Å². The maximum absolute atomic E-state index is 13.9. The monoisotopic (exact) mass is 338 g/mol. The number of amides is 1. The highest BCUT2D eigenvalue weighted by Crippen LogP contribution is 2.18. The summed E-state index contributed by atoms with van der Waals surface area (Å²) in [5, 5.41) is 5.93. The Morgan fingerprint density at radius 1 is 1.33 bits per heavy atom. The molecule has 24 heavy (non-hydrogen) atoms. The molecule has 2 saturated heterocycles. The van der Waals surface area contributed by atoms with E-state index >= 15 is 0 Å². The van der Waals surface area contributed by atoms with Gasteiger partial charge in [-0.2, -0.15) is 4.98 Å². The molecule has 2 aliphatic rings. The quantitative estimate of drug-likeness (QED) is 0.688. The van der Waals surface area contributed by atoms with Crippen LogP contribution in [0.2, 0.25) is 0 Å². The van der Waals surface area contributed by atoms with Gasteiger partial charge in [0.05, 0.1) is 26.0 Å². The Morgan fingerprint density at radius 2 is 2.17 bits per heavy atom. The molecule has 0 aliphatic carbocycles. The van der Waals surface area contributed by atoms with Crippen molar-refractivity contribution >= 4 is 17.7 Å². The van der Waals surface area contributed by atoms with Crippen LogP contribution in [-0.4, -0.2) is 79.8 Å². The van der Waals surface area contributed by atoms with Gasteiger partial charge in [-0.25, -0.2) is 9.37 Å². The van der Waals surface area contributed by atoms with Gasteiger partial charge in [0.2, 0.25) is 11.9 Å². The number of piperazine rings is 1. The van der Waals surface area contributed by atoms with Crippen LogP contribution in [0.25, 0.3) is 0 Å². The fraction of sp³-hybridized carbons (Fsp3) is 0.667. The molecule has 1 aromatic heterocycles. The fourth-order valence-electron chi connectivity index (χ4n) is 2.83. The highest BCUT2D eigenvalue weighted by atomic mass is 19.1. The number of hydrogen-bond acceptors (Lipinski definition) is 7. The van der Waals surface area contributed by atoms with Crippen molar-refractivity contribution in [3.05, 3.63) is 12.0 Å². The van der Waals surface area contributed by atoms with Crippen molar-refractivity contribution in [3.8, 4) is 0 Å². The minimum absolute atomic E-state index is 0.0752. The van der Waals surface area contributed by atoms with Crippen LogP contribution in [0, 0.1) is 5.82 Å². The third-order valence-corrected chi connectivity index (χ3v) is 4.09. The van der Waals surface area contributed by atoms with E-state index in [1.165, 1.54) is 6.20 Å². The average Bonchev–Trinajstić information content (AvgIpc) is 2.61. The van der Waals surface area contributed by atoms with E-state index in [0.717, 1.165) is 19.5 Å². The normalized spacial score (nSPS) is 19.2. The van der Waals surface area contributed by atoms with Crippen molar-refractivity contribution in [3.63, 3.8) is 0 Å². The first-order valence-electron chi connectivity index (χ1n) is 8.30. The van der Waals surface area contributed by atoms with Crippen molar-refractivity contribution < 1.29 is 13.9 Å². The second kappa shape index (κ2) is 8.20. The van der Waals surface area contributed by atoms with E-state index in [2.05, 4.69) is 25.5 Å². The molecular weight excluding hydrogens is 315 g/mol. The van der Waals surface area contributed by atoms with Crippen molar-refractivity contribution in [2.24, 2.45) is 0 Å². The van der Waals surface area contributed by atoms with Gasteiger partial charge in [0.25, 0.3) is 0 Å². The minimum atomic E-state index is -0.415. The van der Waals surface area contributed by atoms with E-state index in [1.54, 1.807) is 0 Å². The lowest BCUT2D eigenvalue weighted by molar-refractivity contribution is -0.124. The van der Waals surface area contributed by atoms with Gasteiger partial charge in [0.1, 0.15) is 0 Å². The number of morpholine rings is 1. The summed E-state index contributed by atoms with van der Waals surface area (Å²) in [6.07, 6.45) is 2.07. The van der Waals surface area contributed by atoms with E-state index in [0.29, 0.717) is 57.7 Å². The van der Waals surface area contributed by atoms with E-state index < -0.39 is 5.82 Å². The molecule has 0 unspecified atom stereocenters. The highest BCUT2D eigenvalue weighted by molar-refractivity contribution is 5.78. The summed E-state index contributed by atoms with van der Waals surface area (Å²) in [5.41, 5.74) is 0. The van der Waals surface area contributed by atoms with Crippen LogP contribution in [0.15, 0.2) is 6.20 Å². The third-order valence-electron chi connectivity index (χ3n) is 4.09. The number of carbonyl (C=O) groups excluding carboxylic acids is 1. The van der Waals surface area contributed by atoms with Crippen molar-refractivity contribution in [1.29, 1.82) is 0 Å². The van der Waals surface area contributed by atoms with Crippen molar-refractivity contribution in [2.45, 2.75) is 6.42 Å². The number of aromatic nitrogens is 2. The first kappa shape index (κ1) is 16.8. The Bertz CT molecular complexity index is 567. The van der Waals surface area contributed by atoms with Gasteiger partial charge in [0.15, 0.2) is 11.6 Å². The predicted octanol–water partition coefficient (Wildman–Crippen LogP) is -0.314. The zero-order chi connectivity index (χ0) is 16.8. The maximum atomic E-state index is 13.9. The maximum Gasteiger partial charge on any atom is 0.234 e. The molecule has 1 amide bonds. The van der Waals surface area contributed by atoms with E-state index in [9.17, 15) is 9.18 Å². The highest BCUT2D eigenvalue weighted by Gasteiger charge is 2.18. The Kier molecular flexibility index (Phi) is 5.76. The lowest BCUT2D eigenvalue weighted by Gasteiger charge is -2.28. The number of nitrogens with zero attached hydrogens (tertiary/aromatic N) is 4. The molecule has 132 valence electrons. The first-order valence-corrected chi connectivity index (χ1v) is 8.30. The Hall–Kier alpha value is -2.00.